The second kappa shape index (κ2) is 6.14. The number of aromatic nitrogens is 2. The summed E-state index contributed by atoms with van der Waals surface area (Å²) in [6, 6.07) is 0. The van der Waals surface area contributed by atoms with Gasteiger partial charge in [0.25, 0.3) is 0 Å². The van der Waals surface area contributed by atoms with E-state index in [1.807, 2.05) is 4.68 Å². The minimum Gasteiger partial charge on any atom is -0.486 e. The number of rotatable bonds is 4. The minimum atomic E-state index is 0.327. The number of halogens is 1. The van der Waals surface area contributed by atoms with E-state index in [0.717, 1.165) is 44.8 Å². The topological polar surface area (TPSA) is 36.3 Å². The first-order valence-electron chi connectivity index (χ1n) is 7.28. The fraction of sp³-hybridized carbons (Fsp3) is 0.786. The first kappa shape index (κ1) is 13.3. The predicted molar refractivity (Wildman–Crippen MR) is 73.7 cm³/mol. The first-order valence-corrected chi connectivity index (χ1v) is 7.66. The van der Waals surface area contributed by atoms with E-state index in [4.69, 9.17) is 21.1 Å². The summed E-state index contributed by atoms with van der Waals surface area (Å²) in [6.45, 7) is 2.53. The van der Waals surface area contributed by atoms with E-state index in [0.29, 0.717) is 17.2 Å². The molecule has 1 aromatic heterocycles. The summed E-state index contributed by atoms with van der Waals surface area (Å²) in [5.41, 5.74) is 0. The number of hydrogen-bond acceptors (Lipinski definition) is 3. The number of nitrogens with zero attached hydrogens (tertiary/aromatic N) is 2. The minimum absolute atomic E-state index is 0.327. The molecule has 3 rings (SSSR count). The Morgan fingerprint density at radius 2 is 2.16 bits per heavy atom. The van der Waals surface area contributed by atoms with Gasteiger partial charge >= 0.3 is 0 Å². The summed E-state index contributed by atoms with van der Waals surface area (Å²) < 4.78 is 13.3. The second-order valence-corrected chi connectivity index (χ2v) is 5.95. The molecule has 2 heterocycles. The third-order valence-corrected chi connectivity index (χ3v) is 4.41. The van der Waals surface area contributed by atoms with Crippen LogP contribution in [0.15, 0.2) is 6.20 Å². The molecule has 5 heteroatoms. The van der Waals surface area contributed by atoms with E-state index in [1.54, 1.807) is 6.20 Å². The lowest BCUT2D eigenvalue weighted by Gasteiger charge is -2.22. The molecule has 1 saturated heterocycles. The Balaban J connectivity index is 1.60. The maximum absolute atomic E-state index is 6.36. The van der Waals surface area contributed by atoms with E-state index in [9.17, 15) is 0 Å². The molecule has 106 valence electrons. The maximum Gasteiger partial charge on any atom is 0.176 e. The quantitative estimate of drug-likeness (QED) is 0.851. The Hall–Kier alpha value is -0.740. The van der Waals surface area contributed by atoms with Gasteiger partial charge in [-0.05, 0) is 38.5 Å². The fourth-order valence-electron chi connectivity index (χ4n) is 2.94. The molecule has 0 amide bonds. The molecule has 1 unspecified atom stereocenters. The molecule has 0 N–H and O–H groups in total. The zero-order valence-corrected chi connectivity index (χ0v) is 11.9. The van der Waals surface area contributed by atoms with E-state index < -0.39 is 0 Å². The van der Waals surface area contributed by atoms with Crippen LogP contribution >= 0.6 is 11.6 Å². The summed E-state index contributed by atoms with van der Waals surface area (Å²) in [5.74, 6) is 1.26. The van der Waals surface area contributed by atoms with Crippen LogP contribution in [0, 0.1) is 5.92 Å². The van der Waals surface area contributed by atoms with Crippen LogP contribution < -0.4 is 4.74 Å². The Morgan fingerprint density at radius 3 is 2.89 bits per heavy atom. The van der Waals surface area contributed by atoms with E-state index in [-0.39, 0.29) is 0 Å². The van der Waals surface area contributed by atoms with Gasteiger partial charge in [-0.1, -0.05) is 11.6 Å². The molecule has 1 aliphatic heterocycles. The second-order valence-electron chi connectivity index (χ2n) is 5.59. The van der Waals surface area contributed by atoms with Gasteiger partial charge in [0.05, 0.1) is 18.9 Å². The molecule has 1 atom stereocenters. The number of hydrogen-bond donors (Lipinski definition) is 0. The molecular formula is C14H21ClN2O2. The van der Waals surface area contributed by atoms with Gasteiger partial charge in [0.1, 0.15) is 0 Å². The van der Waals surface area contributed by atoms with Crippen LogP contribution in [0.2, 0.25) is 5.15 Å². The third kappa shape index (κ3) is 3.23. The summed E-state index contributed by atoms with van der Waals surface area (Å²) in [6.07, 6.45) is 9.20. The summed E-state index contributed by atoms with van der Waals surface area (Å²) in [5, 5.41) is 4.99. The fourth-order valence-corrected chi connectivity index (χ4v) is 3.15. The molecule has 0 aromatic carbocycles. The van der Waals surface area contributed by atoms with Crippen molar-refractivity contribution in [3.63, 3.8) is 0 Å². The smallest absolute Gasteiger partial charge is 0.176 e. The van der Waals surface area contributed by atoms with Gasteiger partial charge in [0, 0.05) is 19.1 Å². The molecule has 2 fully saturated rings. The zero-order chi connectivity index (χ0) is 13.1. The van der Waals surface area contributed by atoms with Crippen LogP contribution in [0.3, 0.4) is 0 Å². The van der Waals surface area contributed by atoms with Crippen molar-refractivity contribution in [2.75, 3.05) is 13.2 Å². The molecule has 1 aliphatic carbocycles. The first-order chi connectivity index (χ1) is 9.33. The van der Waals surface area contributed by atoms with Crippen LogP contribution in [0.1, 0.15) is 38.5 Å². The molecule has 4 nitrogen and oxygen atoms in total. The Labute approximate surface area is 119 Å². The van der Waals surface area contributed by atoms with Gasteiger partial charge in [-0.2, -0.15) is 5.10 Å². The lowest BCUT2D eigenvalue weighted by atomic mass is 10.0. The monoisotopic (exact) mass is 284 g/mol. The van der Waals surface area contributed by atoms with Gasteiger partial charge < -0.3 is 9.47 Å². The molecule has 2 aliphatic rings. The Kier molecular flexibility index (Phi) is 4.28. The highest BCUT2D eigenvalue weighted by atomic mass is 35.5. The van der Waals surface area contributed by atoms with Gasteiger partial charge in [-0.3, -0.25) is 4.68 Å². The molecule has 0 spiro atoms. The van der Waals surface area contributed by atoms with Crippen LogP contribution in [0.25, 0.3) is 0 Å². The molecular weight excluding hydrogens is 264 g/mol. The van der Waals surface area contributed by atoms with Crippen LogP contribution in [-0.4, -0.2) is 29.1 Å². The van der Waals surface area contributed by atoms with Crippen molar-refractivity contribution in [2.24, 2.45) is 5.92 Å². The highest BCUT2D eigenvalue weighted by Gasteiger charge is 2.21. The average Bonchev–Trinajstić information content (AvgIpc) is 3.05. The van der Waals surface area contributed by atoms with Crippen LogP contribution in [0.4, 0.5) is 0 Å². The van der Waals surface area contributed by atoms with Crippen molar-refractivity contribution < 1.29 is 9.47 Å². The van der Waals surface area contributed by atoms with Crippen molar-refractivity contribution >= 4 is 11.6 Å². The largest absolute Gasteiger partial charge is 0.486 e. The van der Waals surface area contributed by atoms with E-state index in [1.165, 1.54) is 19.3 Å². The van der Waals surface area contributed by atoms with Gasteiger partial charge in [-0.25, -0.2) is 0 Å². The third-order valence-electron chi connectivity index (χ3n) is 4.03. The Bertz CT molecular complexity index is 410. The van der Waals surface area contributed by atoms with Gasteiger partial charge in [0.15, 0.2) is 10.9 Å². The van der Waals surface area contributed by atoms with Crippen molar-refractivity contribution in [3.05, 3.63) is 11.3 Å². The zero-order valence-electron chi connectivity index (χ0n) is 11.2. The highest BCUT2D eigenvalue weighted by molar-refractivity contribution is 6.31. The lowest BCUT2D eigenvalue weighted by molar-refractivity contribution is 0.0470. The van der Waals surface area contributed by atoms with Crippen molar-refractivity contribution in [1.29, 1.82) is 0 Å². The number of ether oxygens (including phenoxy) is 2. The molecule has 1 saturated carbocycles. The van der Waals surface area contributed by atoms with Crippen LogP contribution in [-0.2, 0) is 11.3 Å². The maximum atomic E-state index is 6.36. The standard InChI is InChI=1S/C14H21ClN2O2/c15-14-13(19-12-5-1-2-6-12)8-16-17(14)9-11-4-3-7-18-10-11/h8,11-12H,1-7,9-10H2. The van der Waals surface area contributed by atoms with Gasteiger partial charge in [-0.15, -0.1) is 0 Å². The lowest BCUT2D eigenvalue weighted by Crippen LogP contribution is -2.22. The highest BCUT2D eigenvalue weighted by Crippen LogP contribution is 2.30. The summed E-state index contributed by atoms with van der Waals surface area (Å²) in [4.78, 5) is 0. The van der Waals surface area contributed by atoms with Crippen molar-refractivity contribution in [1.82, 2.24) is 9.78 Å². The van der Waals surface area contributed by atoms with E-state index in [2.05, 4.69) is 5.10 Å². The predicted octanol–water partition coefficient (Wildman–Crippen LogP) is 3.28. The van der Waals surface area contributed by atoms with Gasteiger partial charge in [0.2, 0.25) is 0 Å². The summed E-state index contributed by atoms with van der Waals surface area (Å²) in [7, 11) is 0. The molecule has 0 bridgehead atoms. The average molecular weight is 285 g/mol. The summed E-state index contributed by atoms with van der Waals surface area (Å²) >= 11 is 6.36. The van der Waals surface area contributed by atoms with Crippen molar-refractivity contribution in [2.45, 2.75) is 51.2 Å². The SMILES string of the molecule is Clc1c(OC2CCCC2)cnn1CC1CCCOC1. The van der Waals surface area contributed by atoms with Crippen molar-refractivity contribution in [3.8, 4) is 5.75 Å². The van der Waals surface area contributed by atoms with E-state index >= 15 is 0 Å². The molecule has 19 heavy (non-hydrogen) atoms. The molecule has 0 radical (unpaired) electrons. The van der Waals surface area contributed by atoms with Crippen LogP contribution in [0.5, 0.6) is 5.75 Å². The normalized spacial score (nSPS) is 24.8. The molecule has 1 aromatic rings. The Morgan fingerprint density at radius 1 is 1.32 bits per heavy atom.